The van der Waals surface area contributed by atoms with Gasteiger partial charge in [0.2, 0.25) is 0 Å². The second kappa shape index (κ2) is 8.07. The molecule has 0 radical (unpaired) electrons. The van der Waals surface area contributed by atoms with Crippen LogP contribution in [0.5, 0.6) is 5.75 Å². The maximum Gasteiger partial charge on any atom is 0.322 e. The highest BCUT2D eigenvalue weighted by Gasteiger charge is 2.32. The van der Waals surface area contributed by atoms with Gasteiger partial charge in [0.15, 0.2) is 0 Å². The quantitative estimate of drug-likeness (QED) is 0.849. The fourth-order valence-corrected chi connectivity index (χ4v) is 2.88. The van der Waals surface area contributed by atoms with Gasteiger partial charge in [0.25, 0.3) is 5.91 Å². The summed E-state index contributed by atoms with van der Waals surface area (Å²) < 4.78 is 19.7. The van der Waals surface area contributed by atoms with E-state index in [1.165, 1.54) is 19.2 Å². The molecule has 1 saturated heterocycles. The summed E-state index contributed by atoms with van der Waals surface area (Å²) in [7, 11) is 1.42. The van der Waals surface area contributed by atoms with E-state index in [0.29, 0.717) is 18.8 Å². The lowest BCUT2D eigenvalue weighted by molar-refractivity contribution is 0.0487. The van der Waals surface area contributed by atoms with Crippen LogP contribution in [0.4, 0.5) is 14.9 Å². The Morgan fingerprint density at radius 1 is 1.22 bits per heavy atom. The van der Waals surface area contributed by atoms with Crippen LogP contribution in [-0.2, 0) is 6.42 Å². The minimum absolute atomic E-state index is 0.0573. The number of hydrogen-bond acceptors (Lipinski definition) is 3. The monoisotopic (exact) mass is 371 g/mol. The second-order valence-electron chi connectivity index (χ2n) is 6.31. The first-order valence-corrected chi connectivity index (χ1v) is 8.84. The molecule has 6 nitrogen and oxygen atoms in total. The molecule has 7 heteroatoms. The SMILES string of the molecule is CCc1ccccc1OC1CN(C(=O)Nc2ccc(F)c(C(=O)NC)c2)C1. The Kier molecular flexibility index (Phi) is 5.59. The molecule has 0 atom stereocenters. The van der Waals surface area contributed by atoms with Crippen molar-refractivity contribution in [1.29, 1.82) is 0 Å². The summed E-state index contributed by atoms with van der Waals surface area (Å²) in [5, 5.41) is 5.05. The summed E-state index contributed by atoms with van der Waals surface area (Å²) in [6, 6.07) is 11.4. The average Bonchev–Trinajstić information content (AvgIpc) is 2.65. The fourth-order valence-electron chi connectivity index (χ4n) is 2.88. The molecule has 0 saturated carbocycles. The van der Waals surface area contributed by atoms with Crippen LogP contribution < -0.4 is 15.4 Å². The Bertz CT molecular complexity index is 850. The van der Waals surface area contributed by atoms with Gasteiger partial charge in [-0.1, -0.05) is 25.1 Å². The van der Waals surface area contributed by atoms with Crippen LogP contribution in [0.15, 0.2) is 42.5 Å². The van der Waals surface area contributed by atoms with Gasteiger partial charge in [-0.25, -0.2) is 9.18 Å². The number of urea groups is 1. The van der Waals surface area contributed by atoms with E-state index in [1.54, 1.807) is 4.90 Å². The lowest BCUT2D eigenvalue weighted by Gasteiger charge is -2.39. The molecule has 1 heterocycles. The lowest BCUT2D eigenvalue weighted by Crippen LogP contribution is -2.57. The first-order chi connectivity index (χ1) is 13.0. The van der Waals surface area contributed by atoms with Gasteiger partial charge in [-0.15, -0.1) is 0 Å². The molecule has 0 spiro atoms. The molecule has 27 heavy (non-hydrogen) atoms. The Balaban J connectivity index is 1.56. The van der Waals surface area contributed by atoms with E-state index in [1.807, 2.05) is 24.3 Å². The number of aryl methyl sites for hydroxylation is 1. The summed E-state index contributed by atoms with van der Waals surface area (Å²) in [4.78, 5) is 25.6. The van der Waals surface area contributed by atoms with Crippen molar-refractivity contribution >= 4 is 17.6 Å². The minimum Gasteiger partial charge on any atom is -0.486 e. The van der Waals surface area contributed by atoms with Crippen molar-refractivity contribution in [2.24, 2.45) is 0 Å². The lowest BCUT2D eigenvalue weighted by atomic mass is 10.1. The van der Waals surface area contributed by atoms with Crippen molar-refractivity contribution < 1.29 is 18.7 Å². The van der Waals surface area contributed by atoms with E-state index in [2.05, 4.69) is 17.6 Å². The standard InChI is InChI=1S/C20H22FN3O3/c1-3-13-6-4-5-7-18(13)27-15-11-24(12-15)20(26)23-14-8-9-17(21)16(10-14)19(25)22-2/h4-10,15H,3,11-12H2,1-2H3,(H,22,25)(H,23,26). The van der Waals surface area contributed by atoms with Gasteiger partial charge in [-0.05, 0) is 36.2 Å². The van der Waals surface area contributed by atoms with Crippen molar-refractivity contribution in [3.63, 3.8) is 0 Å². The first-order valence-electron chi connectivity index (χ1n) is 8.84. The number of ether oxygens (including phenoxy) is 1. The molecule has 0 aliphatic carbocycles. The van der Waals surface area contributed by atoms with Gasteiger partial charge in [0.05, 0.1) is 18.7 Å². The van der Waals surface area contributed by atoms with E-state index < -0.39 is 11.7 Å². The van der Waals surface area contributed by atoms with Crippen LogP contribution in [0.25, 0.3) is 0 Å². The number of halogens is 1. The summed E-state index contributed by atoms with van der Waals surface area (Å²) in [6.45, 7) is 3.00. The van der Waals surface area contributed by atoms with E-state index in [0.717, 1.165) is 23.8 Å². The van der Waals surface area contributed by atoms with Gasteiger partial charge in [-0.3, -0.25) is 4.79 Å². The maximum absolute atomic E-state index is 13.7. The van der Waals surface area contributed by atoms with Gasteiger partial charge in [0, 0.05) is 12.7 Å². The molecule has 1 aliphatic heterocycles. The minimum atomic E-state index is -0.639. The van der Waals surface area contributed by atoms with Gasteiger partial charge in [-0.2, -0.15) is 0 Å². The normalized spacial score (nSPS) is 13.7. The Labute approximate surface area is 157 Å². The summed E-state index contributed by atoms with van der Waals surface area (Å²) >= 11 is 0. The third kappa shape index (κ3) is 4.19. The van der Waals surface area contributed by atoms with Crippen LogP contribution in [-0.4, -0.2) is 43.1 Å². The van der Waals surface area contributed by atoms with E-state index in [4.69, 9.17) is 4.74 Å². The highest BCUT2D eigenvalue weighted by molar-refractivity contribution is 5.97. The molecule has 142 valence electrons. The van der Waals surface area contributed by atoms with Crippen molar-refractivity contribution in [3.05, 3.63) is 59.4 Å². The molecule has 1 fully saturated rings. The largest absolute Gasteiger partial charge is 0.486 e. The number of nitrogens with zero attached hydrogens (tertiary/aromatic N) is 1. The number of nitrogens with one attached hydrogen (secondary N) is 2. The Hall–Kier alpha value is -3.09. The molecule has 2 aromatic carbocycles. The van der Waals surface area contributed by atoms with Crippen molar-refractivity contribution in [3.8, 4) is 5.75 Å². The van der Waals surface area contributed by atoms with E-state index in [9.17, 15) is 14.0 Å². The number of benzene rings is 2. The molecule has 0 aromatic heterocycles. The number of rotatable bonds is 5. The topological polar surface area (TPSA) is 70.7 Å². The maximum atomic E-state index is 13.7. The van der Waals surface area contributed by atoms with Crippen molar-refractivity contribution in [2.45, 2.75) is 19.4 Å². The zero-order valence-electron chi connectivity index (χ0n) is 15.3. The zero-order valence-corrected chi connectivity index (χ0v) is 15.3. The van der Waals surface area contributed by atoms with Crippen LogP contribution in [0, 0.1) is 5.82 Å². The summed E-state index contributed by atoms with van der Waals surface area (Å²) in [6.07, 6.45) is 0.823. The summed E-state index contributed by atoms with van der Waals surface area (Å²) in [5.74, 6) is -0.339. The fraction of sp³-hybridized carbons (Fsp3) is 0.300. The van der Waals surface area contributed by atoms with Crippen LogP contribution in [0.3, 0.4) is 0 Å². The highest BCUT2D eigenvalue weighted by atomic mass is 19.1. The molecule has 2 aromatic rings. The smallest absolute Gasteiger partial charge is 0.322 e. The molecule has 3 amide bonds. The average molecular weight is 371 g/mol. The van der Waals surface area contributed by atoms with E-state index in [-0.39, 0.29) is 17.7 Å². The van der Waals surface area contributed by atoms with Crippen molar-refractivity contribution in [1.82, 2.24) is 10.2 Å². The number of amides is 3. The molecule has 3 rings (SSSR count). The summed E-state index contributed by atoms with van der Waals surface area (Å²) in [5.41, 5.74) is 1.38. The third-order valence-electron chi connectivity index (χ3n) is 4.47. The number of carbonyl (C=O) groups is 2. The molecule has 0 unspecified atom stereocenters. The second-order valence-corrected chi connectivity index (χ2v) is 6.31. The predicted molar refractivity (Wildman–Crippen MR) is 101 cm³/mol. The predicted octanol–water partition coefficient (Wildman–Crippen LogP) is 3.04. The Morgan fingerprint density at radius 2 is 1.96 bits per heavy atom. The van der Waals surface area contributed by atoms with Gasteiger partial charge in [0.1, 0.15) is 17.7 Å². The molecule has 0 bridgehead atoms. The molecule has 1 aliphatic rings. The third-order valence-corrected chi connectivity index (χ3v) is 4.47. The number of hydrogen-bond donors (Lipinski definition) is 2. The number of carbonyl (C=O) groups excluding carboxylic acids is 2. The van der Waals surface area contributed by atoms with Crippen LogP contribution >= 0.6 is 0 Å². The first kappa shape index (κ1) is 18.7. The van der Waals surface area contributed by atoms with E-state index >= 15 is 0 Å². The molecule has 2 N–H and O–H groups in total. The van der Waals surface area contributed by atoms with Gasteiger partial charge >= 0.3 is 6.03 Å². The molecular weight excluding hydrogens is 349 g/mol. The number of anilines is 1. The highest BCUT2D eigenvalue weighted by Crippen LogP contribution is 2.23. The zero-order chi connectivity index (χ0) is 19.4. The number of para-hydroxylation sites is 1. The molecular formula is C20H22FN3O3. The Morgan fingerprint density at radius 3 is 2.67 bits per heavy atom. The van der Waals surface area contributed by atoms with Gasteiger partial charge < -0.3 is 20.3 Å². The van der Waals surface area contributed by atoms with Crippen molar-refractivity contribution in [2.75, 3.05) is 25.5 Å². The van der Waals surface area contributed by atoms with Crippen LogP contribution in [0.2, 0.25) is 0 Å². The van der Waals surface area contributed by atoms with Crippen LogP contribution in [0.1, 0.15) is 22.8 Å². The number of likely N-dealkylation sites (tertiary alicyclic amines) is 1.